The van der Waals surface area contributed by atoms with Crippen LogP contribution in [0.2, 0.25) is 0 Å². The molecule has 0 bridgehead atoms. The number of fused-ring (bicyclic) bond motifs is 2. The van der Waals surface area contributed by atoms with E-state index in [4.69, 9.17) is 0 Å². The highest BCUT2D eigenvalue weighted by atomic mass is 14.3. The van der Waals surface area contributed by atoms with Gasteiger partial charge in [0, 0.05) is 0 Å². The lowest BCUT2D eigenvalue weighted by atomic mass is 9.76. The highest BCUT2D eigenvalue weighted by Crippen LogP contribution is 2.48. The molecule has 0 heteroatoms. The standard InChI is InChI=1S/C32H42/c1-15(2)17(5)27-29-23(11)19(7)21(9)25(13)31(29)28(18(6)16(3)4)32-26(14)22(10)20(8)24(12)30(27)32/h1-14H3. The average molecular weight is 427 g/mol. The first-order valence-electron chi connectivity index (χ1n) is 12.0. The second kappa shape index (κ2) is 8.22. The smallest absolute Gasteiger partial charge is 0.00613 e. The molecule has 0 amide bonds. The van der Waals surface area contributed by atoms with Crippen molar-refractivity contribution < 1.29 is 0 Å². The van der Waals surface area contributed by atoms with E-state index in [1.807, 2.05) is 0 Å². The van der Waals surface area contributed by atoms with Gasteiger partial charge in [-0.2, -0.15) is 0 Å². The molecular formula is C32H42. The SMILES string of the molecule is CC(C)=C(C)c1c2c(C)c(C)c(C)c(C)c2c(C(C)=C(C)C)c2c(C)c(C)c(C)c(C)c12. The Morgan fingerprint density at radius 3 is 0.656 bits per heavy atom. The van der Waals surface area contributed by atoms with Crippen LogP contribution in [0.4, 0.5) is 0 Å². The first-order valence-corrected chi connectivity index (χ1v) is 12.0. The van der Waals surface area contributed by atoms with E-state index in [1.54, 1.807) is 0 Å². The molecule has 170 valence electrons. The summed E-state index contributed by atoms with van der Waals surface area (Å²) in [7, 11) is 0. The van der Waals surface area contributed by atoms with Gasteiger partial charge in [-0.15, -0.1) is 0 Å². The van der Waals surface area contributed by atoms with E-state index >= 15 is 0 Å². The van der Waals surface area contributed by atoms with Crippen LogP contribution in [0.15, 0.2) is 11.1 Å². The van der Waals surface area contributed by atoms with Gasteiger partial charge in [0.15, 0.2) is 0 Å². The summed E-state index contributed by atoms with van der Waals surface area (Å²) in [5, 5.41) is 5.83. The zero-order valence-electron chi connectivity index (χ0n) is 23.0. The van der Waals surface area contributed by atoms with Crippen LogP contribution in [0.1, 0.15) is 97.2 Å². The molecule has 0 unspecified atom stereocenters. The third-order valence-electron chi connectivity index (χ3n) is 8.62. The number of benzene rings is 3. The molecule has 0 saturated carbocycles. The van der Waals surface area contributed by atoms with E-state index in [0.717, 1.165) is 0 Å². The van der Waals surface area contributed by atoms with Crippen LogP contribution in [-0.4, -0.2) is 0 Å². The monoisotopic (exact) mass is 426 g/mol. The summed E-state index contributed by atoms with van der Waals surface area (Å²) >= 11 is 0. The van der Waals surface area contributed by atoms with Crippen LogP contribution in [-0.2, 0) is 0 Å². The van der Waals surface area contributed by atoms with Crippen LogP contribution in [0, 0.1) is 55.4 Å². The Bertz CT molecular complexity index is 1170. The van der Waals surface area contributed by atoms with Gasteiger partial charge in [0.2, 0.25) is 0 Å². The zero-order chi connectivity index (χ0) is 24.4. The summed E-state index contributed by atoms with van der Waals surface area (Å²) in [6.45, 7) is 32.2. The quantitative estimate of drug-likeness (QED) is 0.357. The summed E-state index contributed by atoms with van der Waals surface area (Å²) in [5.74, 6) is 0. The van der Waals surface area contributed by atoms with Crippen molar-refractivity contribution in [3.05, 3.63) is 66.8 Å². The molecule has 0 saturated heterocycles. The molecule has 3 rings (SSSR count). The largest absolute Gasteiger partial charge is 0.0729 e. The third-order valence-corrected chi connectivity index (χ3v) is 8.62. The Kier molecular flexibility index (Phi) is 6.24. The molecule has 0 N–H and O–H groups in total. The summed E-state index contributed by atoms with van der Waals surface area (Å²) in [6, 6.07) is 0. The predicted molar refractivity (Wildman–Crippen MR) is 147 cm³/mol. The van der Waals surface area contributed by atoms with E-state index in [1.165, 1.54) is 99.5 Å². The molecule has 0 atom stereocenters. The number of aryl methyl sites for hydroxylation is 4. The molecule has 0 aliphatic rings. The number of hydrogen-bond acceptors (Lipinski definition) is 0. The minimum absolute atomic E-state index is 1.39. The highest BCUT2D eigenvalue weighted by Gasteiger charge is 2.25. The van der Waals surface area contributed by atoms with E-state index in [-0.39, 0.29) is 0 Å². The lowest BCUT2D eigenvalue weighted by Gasteiger charge is -2.28. The number of rotatable bonds is 2. The summed E-state index contributed by atoms with van der Waals surface area (Å²) in [6.07, 6.45) is 0. The minimum Gasteiger partial charge on any atom is -0.0729 e. The average Bonchev–Trinajstić information content (AvgIpc) is 2.75. The molecule has 0 aromatic heterocycles. The fourth-order valence-electron chi connectivity index (χ4n) is 5.38. The topological polar surface area (TPSA) is 0 Å². The van der Waals surface area contributed by atoms with Crippen molar-refractivity contribution in [2.45, 2.75) is 96.9 Å². The molecule has 32 heavy (non-hydrogen) atoms. The number of allylic oxidation sites excluding steroid dienone is 4. The van der Waals surface area contributed by atoms with E-state index in [9.17, 15) is 0 Å². The Balaban J connectivity index is 3.04. The van der Waals surface area contributed by atoms with Gasteiger partial charge in [-0.1, -0.05) is 11.1 Å². The van der Waals surface area contributed by atoms with E-state index < -0.39 is 0 Å². The van der Waals surface area contributed by atoms with Gasteiger partial charge in [-0.3, -0.25) is 0 Å². The van der Waals surface area contributed by atoms with Gasteiger partial charge < -0.3 is 0 Å². The van der Waals surface area contributed by atoms with Crippen LogP contribution < -0.4 is 0 Å². The lowest BCUT2D eigenvalue weighted by molar-refractivity contribution is 1.23. The van der Waals surface area contributed by atoms with Gasteiger partial charge in [0.1, 0.15) is 0 Å². The van der Waals surface area contributed by atoms with Crippen LogP contribution in [0.3, 0.4) is 0 Å². The Morgan fingerprint density at radius 2 is 0.500 bits per heavy atom. The fraction of sp³-hybridized carbons (Fsp3) is 0.438. The maximum atomic E-state index is 2.34. The van der Waals surface area contributed by atoms with Crippen molar-refractivity contribution in [2.24, 2.45) is 0 Å². The maximum Gasteiger partial charge on any atom is -0.00613 e. The molecule has 3 aromatic rings. The van der Waals surface area contributed by atoms with Crippen LogP contribution in [0.25, 0.3) is 32.7 Å². The predicted octanol–water partition coefficient (Wildman–Crippen LogP) is 10.1. The number of hydrogen-bond donors (Lipinski definition) is 0. The first kappa shape index (κ1) is 24.3. The minimum atomic E-state index is 1.39. The van der Waals surface area contributed by atoms with E-state index in [0.29, 0.717) is 0 Å². The molecule has 0 spiro atoms. The van der Waals surface area contributed by atoms with Gasteiger partial charge in [-0.25, -0.2) is 0 Å². The molecule has 0 radical (unpaired) electrons. The maximum absolute atomic E-state index is 2.34. The highest BCUT2D eigenvalue weighted by molar-refractivity contribution is 6.20. The third kappa shape index (κ3) is 3.26. The van der Waals surface area contributed by atoms with Crippen molar-refractivity contribution in [3.63, 3.8) is 0 Å². The van der Waals surface area contributed by atoms with E-state index in [2.05, 4.69) is 96.9 Å². The van der Waals surface area contributed by atoms with Crippen molar-refractivity contribution >= 4 is 32.7 Å². The molecule has 0 heterocycles. The molecule has 3 aromatic carbocycles. The van der Waals surface area contributed by atoms with Crippen molar-refractivity contribution in [3.8, 4) is 0 Å². The molecular weight excluding hydrogens is 384 g/mol. The second-order valence-electron chi connectivity index (χ2n) is 10.5. The molecule has 0 aliphatic heterocycles. The first-order chi connectivity index (χ1) is 14.7. The van der Waals surface area contributed by atoms with Crippen LogP contribution >= 0.6 is 0 Å². The Hall–Kier alpha value is -2.34. The van der Waals surface area contributed by atoms with Crippen molar-refractivity contribution in [1.82, 2.24) is 0 Å². The second-order valence-corrected chi connectivity index (χ2v) is 10.5. The fourth-order valence-corrected chi connectivity index (χ4v) is 5.38. The van der Waals surface area contributed by atoms with Crippen molar-refractivity contribution in [2.75, 3.05) is 0 Å². The molecule has 0 aliphatic carbocycles. The van der Waals surface area contributed by atoms with Gasteiger partial charge in [0.25, 0.3) is 0 Å². The van der Waals surface area contributed by atoms with Gasteiger partial charge in [-0.05, 0) is 185 Å². The zero-order valence-corrected chi connectivity index (χ0v) is 23.0. The Morgan fingerprint density at radius 1 is 0.312 bits per heavy atom. The molecule has 0 nitrogen and oxygen atoms in total. The summed E-state index contributed by atoms with van der Waals surface area (Å²) in [4.78, 5) is 0. The molecule has 0 fully saturated rings. The van der Waals surface area contributed by atoms with Gasteiger partial charge >= 0.3 is 0 Å². The van der Waals surface area contributed by atoms with Crippen molar-refractivity contribution in [1.29, 1.82) is 0 Å². The summed E-state index contributed by atoms with van der Waals surface area (Å²) < 4.78 is 0. The van der Waals surface area contributed by atoms with Gasteiger partial charge in [0.05, 0.1) is 0 Å². The summed E-state index contributed by atoms with van der Waals surface area (Å²) in [5.41, 5.74) is 19.9. The lowest BCUT2D eigenvalue weighted by Crippen LogP contribution is -2.06. The normalized spacial score (nSPS) is 11.4. The van der Waals surface area contributed by atoms with Crippen LogP contribution in [0.5, 0.6) is 0 Å². The Labute approximate surface area is 196 Å².